The third kappa shape index (κ3) is 4.58. The highest BCUT2D eigenvalue weighted by molar-refractivity contribution is 7.10. The zero-order valence-electron chi connectivity index (χ0n) is 13.3. The number of rotatable bonds is 7. The zero-order chi connectivity index (χ0) is 15.2. The summed E-state index contributed by atoms with van der Waals surface area (Å²) in [6.45, 7) is 9.46. The third-order valence-electron chi connectivity index (χ3n) is 3.36. The number of para-hydroxylation sites is 1. The van der Waals surface area contributed by atoms with E-state index in [-0.39, 0.29) is 6.10 Å². The van der Waals surface area contributed by atoms with E-state index < -0.39 is 0 Å². The molecule has 0 fully saturated rings. The molecule has 1 heterocycles. The maximum Gasteiger partial charge on any atom is 0.124 e. The largest absolute Gasteiger partial charge is 0.491 e. The average Bonchev–Trinajstić information content (AvgIpc) is 2.93. The maximum absolute atomic E-state index is 5.89. The lowest BCUT2D eigenvalue weighted by Crippen LogP contribution is -2.25. The molecule has 0 spiro atoms. The van der Waals surface area contributed by atoms with Crippen LogP contribution in [0, 0.1) is 5.92 Å². The molecular formula is C18H25NOS. The van der Waals surface area contributed by atoms with Gasteiger partial charge in [0.2, 0.25) is 0 Å². The van der Waals surface area contributed by atoms with Crippen molar-refractivity contribution in [3.05, 3.63) is 52.2 Å². The van der Waals surface area contributed by atoms with Gasteiger partial charge in [-0.3, -0.25) is 0 Å². The summed E-state index contributed by atoms with van der Waals surface area (Å²) in [5.41, 5.74) is 1.22. The summed E-state index contributed by atoms with van der Waals surface area (Å²) in [6, 6.07) is 13.0. The van der Waals surface area contributed by atoms with Crippen molar-refractivity contribution in [1.29, 1.82) is 0 Å². The van der Waals surface area contributed by atoms with E-state index in [9.17, 15) is 0 Å². The first-order valence-electron chi connectivity index (χ1n) is 7.59. The molecule has 0 aliphatic carbocycles. The number of hydrogen-bond donors (Lipinski definition) is 1. The van der Waals surface area contributed by atoms with Crippen LogP contribution < -0.4 is 10.1 Å². The molecule has 21 heavy (non-hydrogen) atoms. The van der Waals surface area contributed by atoms with Crippen LogP contribution in [0.3, 0.4) is 0 Å². The van der Waals surface area contributed by atoms with Crippen molar-refractivity contribution >= 4 is 11.3 Å². The van der Waals surface area contributed by atoms with Gasteiger partial charge < -0.3 is 10.1 Å². The minimum atomic E-state index is 0.198. The van der Waals surface area contributed by atoms with E-state index >= 15 is 0 Å². The molecule has 1 aromatic carbocycles. The average molecular weight is 303 g/mol. The summed E-state index contributed by atoms with van der Waals surface area (Å²) in [4.78, 5) is 1.40. The lowest BCUT2D eigenvalue weighted by molar-refractivity contribution is 0.239. The quantitative estimate of drug-likeness (QED) is 0.775. The number of benzene rings is 1. The third-order valence-corrected chi connectivity index (χ3v) is 4.32. The van der Waals surface area contributed by atoms with E-state index in [4.69, 9.17) is 4.74 Å². The van der Waals surface area contributed by atoms with E-state index in [2.05, 4.69) is 62.7 Å². The number of hydrogen-bond acceptors (Lipinski definition) is 3. The van der Waals surface area contributed by atoms with Crippen LogP contribution in [0.4, 0.5) is 0 Å². The Morgan fingerprint density at radius 1 is 1.05 bits per heavy atom. The van der Waals surface area contributed by atoms with Gasteiger partial charge in [0.05, 0.1) is 6.10 Å². The molecule has 1 atom stereocenters. The molecule has 3 heteroatoms. The molecule has 0 amide bonds. The normalized spacial score (nSPS) is 12.9. The van der Waals surface area contributed by atoms with Gasteiger partial charge in [-0.15, -0.1) is 11.3 Å². The molecule has 0 radical (unpaired) electrons. The summed E-state index contributed by atoms with van der Waals surface area (Å²) in [5.74, 6) is 1.54. The van der Waals surface area contributed by atoms with Gasteiger partial charge in [-0.1, -0.05) is 38.1 Å². The molecule has 0 aliphatic rings. The first-order chi connectivity index (χ1) is 10.1. The van der Waals surface area contributed by atoms with Gasteiger partial charge in [0, 0.05) is 23.0 Å². The van der Waals surface area contributed by atoms with Gasteiger partial charge in [0.1, 0.15) is 5.75 Å². The van der Waals surface area contributed by atoms with Crippen molar-refractivity contribution in [1.82, 2.24) is 5.32 Å². The van der Waals surface area contributed by atoms with E-state index in [0.29, 0.717) is 12.0 Å². The number of thiophene rings is 1. The molecule has 1 N–H and O–H groups in total. The van der Waals surface area contributed by atoms with Crippen LogP contribution in [0.2, 0.25) is 0 Å². The van der Waals surface area contributed by atoms with E-state index in [0.717, 1.165) is 12.3 Å². The Kier molecular flexibility index (Phi) is 5.83. The second kappa shape index (κ2) is 7.62. The molecular weight excluding hydrogens is 278 g/mol. The van der Waals surface area contributed by atoms with Gasteiger partial charge in [0.25, 0.3) is 0 Å². The summed E-state index contributed by atoms with van der Waals surface area (Å²) in [6.07, 6.45) is 0.198. The smallest absolute Gasteiger partial charge is 0.124 e. The van der Waals surface area contributed by atoms with Crippen molar-refractivity contribution < 1.29 is 4.74 Å². The monoisotopic (exact) mass is 303 g/mol. The fourth-order valence-corrected chi connectivity index (χ4v) is 3.35. The van der Waals surface area contributed by atoms with Crippen LogP contribution in [0.25, 0.3) is 0 Å². The Labute approximate surface area is 132 Å². The SMILES string of the molecule is CC(C)Oc1ccccc1CNC(c1cccs1)C(C)C. The van der Waals surface area contributed by atoms with Crippen LogP contribution in [0.5, 0.6) is 5.75 Å². The topological polar surface area (TPSA) is 21.3 Å². The molecule has 2 nitrogen and oxygen atoms in total. The van der Waals surface area contributed by atoms with Crippen molar-refractivity contribution in [3.8, 4) is 5.75 Å². The highest BCUT2D eigenvalue weighted by Crippen LogP contribution is 2.27. The fraction of sp³-hybridized carbons (Fsp3) is 0.444. The van der Waals surface area contributed by atoms with Crippen molar-refractivity contribution in [3.63, 3.8) is 0 Å². The van der Waals surface area contributed by atoms with Crippen LogP contribution >= 0.6 is 11.3 Å². The number of ether oxygens (including phenoxy) is 1. The van der Waals surface area contributed by atoms with Crippen LogP contribution in [0.15, 0.2) is 41.8 Å². The van der Waals surface area contributed by atoms with Gasteiger partial charge in [0.15, 0.2) is 0 Å². The molecule has 0 aliphatic heterocycles. The summed E-state index contributed by atoms with van der Waals surface area (Å²) in [7, 11) is 0. The highest BCUT2D eigenvalue weighted by atomic mass is 32.1. The van der Waals surface area contributed by atoms with Crippen molar-refractivity contribution in [2.75, 3.05) is 0 Å². The Morgan fingerprint density at radius 3 is 2.43 bits per heavy atom. The minimum Gasteiger partial charge on any atom is -0.491 e. The lowest BCUT2D eigenvalue weighted by Gasteiger charge is -2.22. The van der Waals surface area contributed by atoms with Gasteiger partial charge >= 0.3 is 0 Å². The van der Waals surface area contributed by atoms with Gasteiger partial charge in [-0.2, -0.15) is 0 Å². The first kappa shape index (κ1) is 16.1. The summed E-state index contributed by atoms with van der Waals surface area (Å²) in [5, 5.41) is 5.82. The van der Waals surface area contributed by atoms with E-state index in [1.165, 1.54) is 10.4 Å². The number of nitrogens with one attached hydrogen (secondary N) is 1. The van der Waals surface area contributed by atoms with Crippen molar-refractivity contribution in [2.24, 2.45) is 5.92 Å². The Balaban J connectivity index is 2.07. The van der Waals surface area contributed by atoms with Crippen LogP contribution in [-0.4, -0.2) is 6.10 Å². The second-order valence-corrected chi connectivity index (χ2v) is 6.87. The minimum absolute atomic E-state index is 0.198. The van der Waals surface area contributed by atoms with Gasteiger partial charge in [-0.25, -0.2) is 0 Å². The Morgan fingerprint density at radius 2 is 1.81 bits per heavy atom. The van der Waals surface area contributed by atoms with Crippen LogP contribution in [-0.2, 0) is 6.54 Å². The van der Waals surface area contributed by atoms with E-state index in [1.54, 1.807) is 0 Å². The molecule has 1 unspecified atom stereocenters. The molecule has 0 saturated carbocycles. The Bertz CT molecular complexity index is 534. The summed E-state index contributed by atoms with van der Waals surface area (Å²) >= 11 is 1.82. The summed E-state index contributed by atoms with van der Waals surface area (Å²) < 4.78 is 5.89. The Hall–Kier alpha value is -1.32. The first-order valence-corrected chi connectivity index (χ1v) is 8.47. The molecule has 0 bridgehead atoms. The van der Waals surface area contributed by atoms with E-state index in [1.807, 2.05) is 23.5 Å². The lowest BCUT2D eigenvalue weighted by atomic mass is 10.0. The predicted molar refractivity (Wildman–Crippen MR) is 90.9 cm³/mol. The van der Waals surface area contributed by atoms with Crippen molar-refractivity contribution in [2.45, 2.75) is 46.4 Å². The molecule has 0 saturated heterocycles. The standard InChI is InChI=1S/C18H25NOS/c1-13(2)18(17-10-7-11-21-17)19-12-15-8-5-6-9-16(15)20-14(3)4/h5-11,13-14,18-19H,12H2,1-4H3. The molecule has 114 valence electrons. The zero-order valence-corrected chi connectivity index (χ0v) is 14.1. The second-order valence-electron chi connectivity index (χ2n) is 5.89. The predicted octanol–water partition coefficient (Wildman–Crippen LogP) is 5.02. The fourth-order valence-electron chi connectivity index (χ4n) is 2.37. The maximum atomic E-state index is 5.89. The van der Waals surface area contributed by atoms with Crippen LogP contribution in [0.1, 0.15) is 44.2 Å². The highest BCUT2D eigenvalue weighted by Gasteiger charge is 2.17. The molecule has 2 rings (SSSR count). The molecule has 1 aromatic heterocycles. The van der Waals surface area contributed by atoms with Gasteiger partial charge in [-0.05, 0) is 37.3 Å². The molecule has 2 aromatic rings.